The van der Waals surface area contributed by atoms with Gasteiger partial charge in [-0.25, -0.2) is 4.39 Å². The Hall–Kier alpha value is -3.12. The van der Waals surface area contributed by atoms with E-state index in [2.05, 4.69) is 5.32 Å². The highest BCUT2D eigenvalue weighted by Gasteiger charge is 2.36. The largest absolute Gasteiger partial charge is 0.457 e. The fraction of sp³-hybridized carbons (Fsp3) is 0.261. The monoisotopic (exact) mass is 392 g/mol. The highest BCUT2D eigenvalue weighted by Crippen LogP contribution is 2.36. The van der Waals surface area contributed by atoms with E-state index in [9.17, 15) is 9.18 Å². The lowest BCUT2D eigenvalue weighted by atomic mass is 10.1. The Morgan fingerprint density at radius 1 is 1.03 bits per heavy atom. The molecule has 0 radical (unpaired) electrons. The van der Waals surface area contributed by atoms with Crippen molar-refractivity contribution in [1.82, 2.24) is 4.90 Å². The Bertz CT molecular complexity index is 1040. The average Bonchev–Trinajstić information content (AvgIpc) is 3.43. The molecule has 1 N–H and O–H groups in total. The number of rotatable bonds is 4. The molecule has 1 fully saturated rings. The van der Waals surface area contributed by atoms with Gasteiger partial charge in [0.05, 0.1) is 17.2 Å². The molecule has 29 heavy (non-hydrogen) atoms. The molecule has 6 heteroatoms. The number of furan rings is 1. The van der Waals surface area contributed by atoms with Gasteiger partial charge in [0.25, 0.3) is 5.91 Å². The van der Waals surface area contributed by atoms with Gasteiger partial charge < -0.3 is 19.4 Å². The van der Waals surface area contributed by atoms with Gasteiger partial charge in [-0.15, -0.1) is 0 Å². The van der Waals surface area contributed by atoms with Crippen LogP contribution in [0.4, 0.5) is 10.1 Å². The number of hydrogen-bond acceptors (Lipinski definition) is 4. The minimum atomic E-state index is -0.484. The van der Waals surface area contributed by atoms with Gasteiger partial charge in [-0.2, -0.15) is 0 Å². The number of carbonyl (C=O) groups is 1. The zero-order valence-electron chi connectivity index (χ0n) is 15.8. The molecular weight excluding hydrogens is 371 g/mol. The third-order valence-electron chi connectivity index (χ3n) is 5.48. The quantitative estimate of drug-likeness (QED) is 0.691. The molecule has 3 aromatic rings. The fourth-order valence-electron chi connectivity index (χ4n) is 4.02. The van der Waals surface area contributed by atoms with Gasteiger partial charge in [0.2, 0.25) is 0 Å². The van der Waals surface area contributed by atoms with Crippen LogP contribution in [0.3, 0.4) is 0 Å². The molecule has 3 heterocycles. The molecule has 1 saturated heterocycles. The van der Waals surface area contributed by atoms with Crippen molar-refractivity contribution in [3.8, 4) is 11.3 Å². The van der Waals surface area contributed by atoms with Crippen molar-refractivity contribution in [2.24, 2.45) is 0 Å². The maximum absolute atomic E-state index is 14.2. The molecule has 5 rings (SSSR count). The molecule has 2 aliphatic rings. The summed E-state index contributed by atoms with van der Waals surface area (Å²) in [7, 11) is 0. The Labute approximate surface area is 168 Å². The summed E-state index contributed by atoms with van der Waals surface area (Å²) in [5, 5.41) is 3.41. The summed E-state index contributed by atoms with van der Waals surface area (Å²) in [5.41, 5.74) is 1.78. The van der Waals surface area contributed by atoms with Crippen LogP contribution in [0.5, 0.6) is 0 Å². The predicted molar refractivity (Wildman–Crippen MR) is 107 cm³/mol. The van der Waals surface area contributed by atoms with E-state index >= 15 is 0 Å². The highest BCUT2D eigenvalue weighted by molar-refractivity contribution is 6.01. The Balaban J connectivity index is 1.51. The number of amides is 1. The van der Waals surface area contributed by atoms with E-state index in [-0.39, 0.29) is 17.8 Å². The van der Waals surface area contributed by atoms with Crippen LogP contribution in [0.2, 0.25) is 0 Å². The fourth-order valence-corrected chi connectivity index (χ4v) is 4.02. The van der Waals surface area contributed by atoms with Crippen molar-refractivity contribution in [3.05, 3.63) is 77.8 Å². The first kappa shape index (κ1) is 17.9. The summed E-state index contributed by atoms with van der Waals surface area (Å²) in [5.74, 6) is 0.582. The van der Waals surface area contributed by atoms with Gasteiger partial charge in [0.1, 0.15) is 17.3 Å². The summed E-state index contributed by atoms with van der Waals surface area (Å²) in [6.07, 6.45) is 1.45. The van der Waals surface area contributed by atoms with Gasteiger partial charge in [0.15, 0.2) is 6.17 Å². The molecule has 5 nitrogen and oxygen atoms in total. The average molecular weight is 392 g/mol. The second-order valence-corrected chi connectivity index (χ2v) is 7.37. The number of nitrogens with one attached hydrogen (secondary N) is 1. The van der Waals surface area contributed by atoms with E-state index in [4.69, 9.17) is 9.15 Å². The number of anilines is 1. The third-order valence-corrected chi connectivity index (χ3v) is 5.48. The summed E-state index contributed by atoms with van der Waals surface area (Å²) < 4.78 is 26.0. The van der Waals surface area contributed by atoms with Crippen molar-refractivity contribution in [2.75, 3.05) is 18.5 Å². The number of halogens is 1. The van der Waals surface area contributed by atoms with Gasteiger partial charge in [-0.3, -0.25) is 4.79 Å². The number of hydrogen-bond donors (Lipinski definition) is 1. The lowest BCUT2D eigenvalue weighted by molar-refractivity contribution is 0.0403. The summed E-state index contributed by atoms with van der Waals surface area (Å²) >= 11 is 0. The lowest BCUT2D eigenvalue weighted by Gasteiger charge is -2.37. The predicted octanol–water partition coefficient (Wildman–Crippen LogP) is 4.83. The van der Waals surface area contributed by atoms with Gasteiger partial charge in [-0.1, -0.05) is 24.3 Å². The van der Waals surface area contributed by atoms with Gasteiger partial charge in [0, 0.05) is 18.8 Å². The number of ether oxygens (including phenoxy) is 1. The highest BCUT2D eigenvalue weighted by atomic mass is 19.1. The molecule has 2 aromatic carbocycles. The van der Waals surface area contributed by atoms with Crippen LogP contribution in [-0.4, -0.2) is 30.1 Å². The first-order valence-electron chi connectivity index (χ1n) is 9.83. The number of carbonyl (C=O) groups excluding carboxylic acids is 1. The van der Waals surface area contributed by atoms with Crippen LogP contribution in [0.15, 0.2) is 65.1 Å². The molecule has 1 amide bonds. The Morgan fingerprint density at radius 2 is 1.83 bits per heavy atom. The zero-order valence-corrected chi connectivity index (χ0v) is 15.8. The molecule has 1 aromatic heterocycles. The van der Waals surface area contributed by atoms with E-state index in [1.807, 2.05) is 24.3 Å². The molecule has 0 saturated carbocycles. The van der Waals surface area contributed by atoms with Crippen molar-refractivity contribution in [2.45, 2.75) is 25.1 Å². The third kappa shape index (κ3) is 3.29. The van der Waals surface area contributed by atoms with Crippen LogP contribution in [0, 0.1) is 5.82 Å². The van der Waals surface area contributed by atoms with Crippen molar-refractivity contribution >= 4 is 11.6 Å². The first-order chi connectivity index (χ1) is 14.2. The van der Waals surface area contributed by atoms with Crippen LogP contribution < -0.4 is 5.32 Å². The SMILES string of the molecule is O=C1c2ccccc2N[C@H](c2ccc(-c3ccccc3F)o2)N1C[C@@H]1CCCO1. The van der Waals surface area contributed by atoms with Crippen molar-refractivity contribution in [3.63, 3.8) is 0 Å². The number of nitrogens with zero attached hydrogens (tertiary/aromatic N) is 1. The summed E-state index contributed by atoms with van der Waals surface area (Å²) in [4.78, 5) is 15.0. The van der Waals surface area contributed by atoms with Gasteiger partial charge in [-0.05, 0) is 49.2 Å². The maximum atomic E-state index is 14.2. The first-order valence-corrected chi connectivity index (χ1v) is 9.83. The Kier molecular flexibility index (Phi) is 4.56. The summed E-state index contributed by atoms with van der Waals surface area (Å²) in [6.45, 7) is 1.19. The Morgan fingerprint density at radius 3 is 2.62 bits per heavy atom. The number of fused-ring (bicyclic) bond motifs is 1. The van der Waals surface area contributed by atoms with E-state index in [0.29, 0.717) is 29.2 Å². The molecule has 2 aliphatic heterocycles. The molecule has 0 aliphatic carbocycles. The van der Waals surface area contributed by atoms with Crippen LogP contribution >= 0.6 is 0 Å². The van der Waals surface area contributed by atoms with E-state index in [0.717, 1.165) is 25.1 Å². The topological polar surface area (TPSA) is 54.7 Å². The van der Waals surface area contributed by atoms with E-state index in [1.165, 1.54) is 6.07 Å². The normalized spacial score (nSPS) is 21.1. The number of benzene rings is 2. The van der Waals surface area contributed by atoms with Crippen LogP contribution in [-0.2, 0) is 4.74 Å². The minimum Gasteiger partial charge on any atom is -0.457 e. The van der Waals surface area contributed by atoms with E-state index in [1.54, 1.807) is 35.2 Å². The maximum Gasteiger partial charge on any atom is 0.258 e. The molecule has 2 atom stereocenters. The minimum absolute atomic E-state index is 0.00881. The second-order valence-electron chi connectivity index (χ2n) is 7.37. The molecule has 148 valence electrons. The number of para-hydroxylation sites is 1. The van der Waals surface area contributed by atoms with E-state index < -0.39 is 6.17 Å². The van der Waals surface area contributed by atoms with Crippen LogP contribution in [0.1, 0.15) is 35.1 Å². The molecule has 0 unspecified atom stereocenters. The smallest absolute Gasteiger partial charge is 0.258 e. The molecule has 0 bridgehead atoms. The van der Waals surface area contributed by atoms with Crippen molar-refractivity contribution < 1.29 is 18.3 Å². The summed E-state index contributed by atoms with van der Waals surface area (Å²) in [6, 6.07) is 17.5. The lowest BCUT2D eigenvalue weighted by Crippen LogP contribution is -2.46. The van der Waals surface area contributed by atoms with Gasteiger partial charge >= 0.3 is 0 Å². The second kappa shape index (κ2) is 7.37. The standard InChI is InChI=1S/C23H21FN2O3/c24-18-9-3-1-7-16(18)20-11-12-21(29-20)22-25-19-10-4-2-8-17(19)23(27)26(22)14-15-6-5-13-28-15/h1-4,7-12,15,22,25H,5-6,13-14H2/t15-,22-/m0/s1. The van der Waals surface area contributed by atoms with Crippen molar-refractivity contribution in [1.29, 1.82) is 0 Å². The zero-order chi connectivity index (χ0) is 19.8. The molecular formula is C23H21FN2O3. The van der Waals surface area contributed by atoms with Crippen LogP contribution in [0.25, 0.3) is 11.3 Å². The molecule has 0 spiro atoms.